The highest BCUT2D eigenvalue weighted by Crippen LogP contribution is 2.16. The summed E-state index contributed by atoms with van der Waals surface area (Å²) in [5, 5.41) is 3.90. The summed E-state index contributed by atoms with van der Waals surface area (Å²) in [5.41, 5.74) is 3.66. The molecule has 2 N–H and O–H groups in total. The molecular formula is C18H17FN2O. The van der Waals surface area contributed by atoms with Gasteiger partial charge in [-0.15, -0.1) is 0 Å². The zero-order valence-corrected chi connectivity index (χ0v) is 12.3. The summed E-state index contributed by atoms with van der Waals surface area (Å²) in [6.45, 7) is 2.54. The molecule has 0 aliphatic heterocycles. The van der Waals surface area contributed by atoms with Crippen LogP contribution in [0.1, 0.15) is 21.6 Å². The minimum atomic E-state index is -0.249. The van der Waals surface area contributed by atoms with Crippen LogP contribution in [-0.4, -0.2) is 17.4 Å². The van der Waals surface area contributed by atoms with Crippen molar-refractivity contribution in [3.63, 3.8) is 0 Å². The van der Waals surface area contributed by atoms with E-state index < -0.39 is 0 Å². The number of aromatic nitrogens is 1. The molecule has 2 aromatic carbocycles. The summed E-state index contributed by atoms with van der Waals surface area (Å²) in [5.74, 6) is -0.378. The fourth-order valence-corrected chi connectivity index (χ4v) is 2.44. The number of carbonyl (C=O) groups is 1. The summed E-state index contributed by atoms with van der Waals surface area (Å²) < 4.78 is 12.8. The molecule has 0 fully saturated rings. The SMILES string of the molecule is Cc1ccc2[nH]c(C(=O)NCCc3ccc(F)cc3)cc2c1. The first-order valence-corrected chi connectivity index (χ1v) is 7.24. The van der Waals surface area contributed by atoms with Gasteiger partial charge in [-0.2, -0.15) is 0 Å². The second-order valence-corrected chi connectivity index (χ2v) is 5.41. The van der Waals surface area contributed by atoms with Crippen LogP contribution in [0.2, 0.25) is 0 Å². The Morgan fingerprint density at radius 1 is 1.14 bits per heavy atom. The van der Waals surface area contributed by atoms with Gasteiger partial charge in [-0.25, -0.2) is 4.39 Å². The van der Waals surface area contributed by atoms with Gasteiger partial charge in [0.1, 0.15) is 11.5 Å². The summed E-state index contributed by atoms with van der Waals surface area (Å²) in [6.07, 6.45) is 0.672. The number of nitrogens with one attached hydrogen (secondary N) is 2. The van der Waals surface area contributed by atoms with Crippen molar-refractivity contribution < 1.29 is 9.18 Å². The van der Waals surface area contributed by atoms with Gasteiger partial charge in [0, 0.05) is 17.4 Å². The average Bonchev–Trinajstić information content (AvgIpc) is 2.92. The molecule has 0 unspecified atom stereocenters. The molecule has 0 aliphatic carbocycles. The maximum absolute atomic E-state index is 12.8. The minimum absolute atomic E-state index is 0.129. The Labute approximate surface area is 128 Å². The number of aromatic amines is 1. The molecule has 0 saturated carbocycles. The predicted octanol–water partition coefficient (Wildman–Crippen LogP) is 3.59. The van der Waals surface area contributed by atoms with Crippen molar-refractivity contribution >= 4 is 16.8 Å². The van der Waals surface area contributed by atoms with Gasteiger partial charge < -0.3 is 10.3 Å². The van der Waals surface area contributed by atoms with Gasteiger partial charge in [0.05, 0.1) is 0 Å². The van der Waals surface area contributed by atoms with Gasteiger partial charge in [0.15, 0.2) is 0 Å². The van der Waals surface area contributed by atoms with Crippen LogP contribution in [0.5, 0.6) is 0 Å². The van der Waals surface area contributed by atoms with Crippen molar-refractivity contribution in [2.24, 2.45) is 0 Å². The zero-order valence-electron chi connectivity index (χ0n) is 12.3. The van der Waals surface area contributed by atoms with Crippen LogP contribution < -0.4 is 5.32 Å². The molecule has 112 valence electrons. The highest BCUT2D eigenvalue weighted by atomic mass is 19.1. The fraction of sp³-hybridized carbons (Fsp3) is 0.167. The van der Waals surface area contributed by atoms with Crippen molar-refractivity contribution in [2.75, 3.05) is 6.54 Å². The Morgan fingerprint density at radius 2 is 1.91 bits per heavy atom. The number of halogens is 1. The van der Waals surface area contributed by atoms with E-state index >= 15 is 0 Å². The van der Waals surface area contributed by atoms with E-state index in [1.54, 1.807) is 12.1 Å². The van der Waals surface area contributed by atoms with Crippen molar-refractivity contribution in [3.8, 4) is 0 Å². The number of aryl methyl sites for hydroxylation is 1. The minimum Gasteiger partial charge on any atom is -0.351 e. The average molecular weight is 296 g/mol. The van der Waals surface area contributed by atoms with Gasteiger partial charge in [-0.3, -0.25) is 4.79 Å². The maximum Gasteiger partial charge on any atom is 0.267 e. The third-order valence-corrected chi connectivity index (χ3v) is 3.63. The Morgan fingerprint density at radius 3 is 2.68 bits per heavy atom. The van der Waals surface area contributed by atoms with E-state index in [4.69, 9.17) is 0 Å². The molecule has 0 saturated heterocycles. The number of fused-ring (bicyclic) bond motifs is 1. The lowest BCUT2D eigenvalue weighted by Gasteiger charge is -2.04. The van der Waals surface area contributed by atoms with Crippen LogP contribution >= 0.6 is 0 Å². The molecule has 1 heterocycles. The van der Waals surface area contributed by atoms with Gasteiger partial charge in [-0.05, 0) is 49.2 Å². The Bertz CT molecular complexity index is 806. The maximum atomic E-state index is 12.8. The Hall–Kier alpha value is -2.62. The van der Waals surface area contributed by atoms with E-state index in [9.17, 15) is 9.18 Å². The van der Waals surface area contributed by atoms with Crippen LogP contribution in [0.3, 0.4) is 0 Å². The highest BCUT2D eigenvalue weighted by Gasteiger charge is 2.09. The molecule has 22 heavy (non-hydrogen) atoms. The molecule has 1 aromatic heterocycles. The third-order valence-electron chi connectivity index (χ3n) is 3.63. The van der Waals surface area contributed by atoms with Crippen molar-refractivity contribution in [3.05, 3.63) is 71.2 Å². The topological polar surface area (TPSA) is 44.9 Å². The van der Waals surface area contributed by atoms with Crippen molar-refractivity contribution in [1.82, 2.24) is 10.3 Å². The molecule has 3 nitrogen and oxygen atoms in total. The molecule has 0 radical (unpaired) electrons. The van der Waals surface area contributed by atoms with Gasteiger partial charge >= 0.3 is 0 Å². The number of H-pyrrole nitrogens is 1. The van der Waals surface area contributed by atoms with E-state index in [0.717, 1.165) is 22.0 Å². The van der Waals surface area contributed by atoms with Crippen LogP contribution in [0, 0.1) is 12.7 Å². The number of carbonyl (C=O) groups excluding carboxylic acids is 1. The molecule has 0 aliphatic rings. The lowest BCUT2D eigenvalue weighted by molar-refractivity contribution is 0.0950. The quantitative estimate of drug-likeness (QED) is 0.759. The van der Waals surface area contributed by atoms with Gasteiger partial charge in [-0.1, -0.05) is 23.8 Å². The Balaban J connectivity index is 1.62. The standard InChI is InChI=1S/C18H17FN2O/c1-12-2-7-16-14(10-12)11-17(21-16)18(22)20-9-8-13-3-5-15(19)6-4-13/h2-7,10-11,21H,8-9H2,1H3,(H,20,22). The molecule has 0 atom stereocenters. The summed E-state index contributed by atoms with van der Waals surface area (Å²) in [6, 6.07) is 14.2. The molecule has 0 spiro atoms. The van der Waals surface area contributed by atoms with E-state index in [-0.39, 0.29) is 11.7 Å². The van der Waals surface area contributed by atoms with Gasteiger partial charge in [0.25, 0.3) is 5.91 Å². The van der Waals surface area contributed by atoms with Crippen LogP contribution in [0.25, 0.3) is 10.9 Å². The monoisotopic (exact) mass is 296 g/mol. The second-order valence-electron chi connectivity index (χ2n) is 5.41. The first-order chi connectivity index (χ1) is 10.6. The molecule has 3 aromatic rings. The molecule has 4 heteroatoms. The normalized spacial score (nSPS) is 10.8. The number of hydrogen-bond donors (Lipinski definition) is 2. The van der Waals surface area contributed by atoms with E-state index in [1.165, 1.54) is 12.1 Å². The molecule has 3 rings (SSSR count). The van der Waals surface area contributed by atoms with Gasteiger partial charge in [0.2, 0.25) is 0 Å². The van der Waals surface area contributed by atoms with Crippen LogP contribution in [0.4, 0.5) is 4.39 Å². The molecule has 0 bridgehead atoms. The lowest BCUT2D eigenvalue weighted by Crippen LogP contribution is -2.25. The fourth-order valence-electron chi connectivity index (χ4n) is 2.44. The number of rotatable bonds is 4. The lowest BCUT2D eigenvalue weighted by atomic mass is 10.1. The summed E-state index contributed by atoms with van der Waals surface area (Å²) >= 11 is 0. The predicted molar refractivity (Wildman–Crippen MR) is 85.5 cm³/mol. The first kappa shape index (κ1) is 14.3. The smallest absolute Gasteiger partial charge is 0.267 e. The van der Waals surface area contributed by atoms with Crippen molar-refractivity contribution in [1.29, 1.82) is 0 Å². The van der Waals surface area contributed by atoms with Crippen molar-refractivity contribution in [2.45, 2.75) is 13.3 Å². The van der Waals surface area contributed by atoms with E-state index in [2.05, 4.69) is 10.3 Å². The largest absolute Gasteiger partial charge is 0.351 e. The second kappa shape index (κ2) is 6.02. The summed E-state index contributed by atoms with van der Waals surface area (Å²) in [7, 11) is 0. The van der Waals surface area contributed by atoms with Crippen LogP contribution in [0.15, 0.2) is 48.5 Å². The molecular weight excluding hydrogens is 279 g/mol. The molecule has 1 amide bonds. The first-order valence-electron chi connectivity index (χ1n) is 7.24. The number of amides is 1. The van der Waals surface area contributed by atoms with E-state index in [0.29, 0.717) is 18.7 Å². The summed E-state index contributed by atoms with van der Waals surface area (Å²) in [4.78, 5) is 15.3. The zero-order chi connectivity index (χ0) is 15.5. The highest BCUT2D eigenvalue weighted by molar-refractivity contribution is 5.98. The number of benzene rings is 2. The number of hydrogen-bond acceptors (Lipinski definition) is 1. The third kappa shape index (κ3) is 3.17. The van der Waals surface area contributed by atoms with Crippen LogP contribution in [-0.2, 0) is 6.42 Å². The Kier molecular flexibility index (Phi) is 3.92. The van der Waals surface area contributed by atoms with E-state index in [1.807, 2.05) is 31.2 Å².